The molecule has 1 saturated heterocycles. The molecule has 1 aromatic heterocycles. The largest absolute Gasteiger partial charge is 0.481 e. The van der Waals surface area contributed by atoms with Gasteiger partial charge in [0.05, 0.1) is 12.7 Å². The van der Waals surface area contributed by atoms with Crippen LogP contribution < -0.4 is 4.74 Å². The van der Waals surface area contributed by atoms with E-state index in [1.807, 2.05) is 30.0 Å². The van der Waals surface area contributed by atoms with Gasteiger partial charge in [-0.1, -0.05) is 6.07 Å². The summed E-state index contributed by atoms with van der Waals surface area (Å²) in [4.78, 5) is 18.9. The Hall–Kier alpha value is -1.62. The third kappa shape index (κ3) is 3.83. The highest BCUT2D eigenvalue weighted by molar-refractivity contribution is 5.80. The van der Waals surface area contributed by atoms with Crippen molar-refractivity contribution >= 4 is 5.91 Å². The Morgan fingerprint density at radius 3 is 2.70 bits per heavy atom. The van der Waals surface area contributed by atoms with E-state index in [1.165, 1.54) is 0 Å². The Morgan fingerprint density at radius 2 is 2.09 bits per heavy atom. The number of hydrogen-bond donors (Lipinski definition) is 1. The molecule has 1 aliphatic heterocycles. The number of hydrogen-bond acceptors (Lipinski definition) is 4. The first kappa shape index (κ1) is 16.2. The van der Waals surface area contributed by atoms with Crippen LogP contribution in [0.5, 0.6) is 5.88 Å². The maximum atomic E-state index is 12.4. The summed E-state index contributed by atoms with van der Waals surface area (Å²) in [6.07, 6.45) is 4.21. The molecule has 2 heterocycles. The van der Waals surface area contributed by atoms with Crippen molar-refractivity contribution in [2.75, 3.05) is 20.2 Å². The lowest BCUT2D eigenvalue weighted by Crippen LogP contribution is -2.51. The SMILES string of the molecule is COc1cccc(CC2CCN(C(=O)C3CC(C)(O)C3)CC2)n1. The highest BCUT2D eigenvalue weighted by atomic mass is 16.5. The Labute approximate surface area is 137 Å². The number of pyridine rings is 1. The third-order valence-electron chi connectivity index (χ3n) is 5.14. The molecule has 1 amide bonds. The number of aliphatic hydroxyl groups is 1. The van der Waals surface area contributed by atoms with E-state index in [1.54, 1.807) is 7.11 Å². The number of methoxy groups -OCH3 is 1. The average molecular weight is 318 g/mol. The van der Waals surface area contributed by atoms with Crippen molar-refractivity contribution in [3.63, 3.8) is 0 Å². The summed E-state index contributed by atoms with van der Waals surface area (Å²) >= 11 is 0. The Bertz CT molecular complexity index is 557. The number of likely N-dealkylation sites (tertiary alicyclic amines) is 1. The van der Waals surface area contributed by atoms with Gasteiger partial charge in [0.25, 0.3) is 0 Å². The van der Waals surface area contributed by atoms with Gasteiger partial charge < -0.3 is 14.7 Å². The minimum absolute atomic E-state index is 0.0293. The molecule has 0 bridgehead atoms. The number of piperidine rings is 1. The maximum absolute atomic E-state index is 12.4. The minimum atomic E-state index is -0.628. The van der Waals surface area contributed by atoms with Crippen molar-refractivity contribution in [3.8, 4) is 5.88 Å². The van der Waals surface area contributed by atoms with Crippen molar-refractivity contribution in [3.05, 3.63) is 23.9 Å². The Balaban J connectivity index is 1.47. The molecule has 1 aliphatic carbocycles. The molecule has 0 aromatic carbocycles. The molecule has 5 nitrogen and oxygen atoms in total. The molecular formula is C18H26N2O3. The van der Waals surface area contributed by atoms with Crippen LogP contribution in [0.4, 0.5) is 0 Å². The van der Waals surface area contributed by atoms with Gasteiger partial charge in [-0.05, 0) is 51.0 Å². The molecule has 2 aliphatic rings. The first-order valence-electron chi connectivity index (χ1n) is 8.48. The second-order valence-electron chi connectivity index (χ2n) is 7.25. The fourth-order valence-corrected chi connectivity index (χ4v) is 3.77. The van der Waals surface area contributed by atoms with Crippen molar-refractivity contribution in [2.24, 2.45) is 11.8 Å². The Kier molecular flexibility index (Phi) is 4.57. The summed E-state index contributed by atoms with van der Waals surface area (Å²) in [7, 11) is 1.63. The topological polar surface area (TPSA) is 62.7 Å². The zero-order valence-corrected chi connectivity index (χ0v) is 14.0. The minimum Gasteiger partial charge on any atom is -0.481 e. The van der Waals surface area contributed by atoms with Gasteiger partial charge in [-0.25, -0.2) is 4.98 Å². The van der Waals surface area contributed by atoms with Crippen molar-refractivity contribution in [1.29, 1.82) is 0 Å². The third-order valence-corrected chi connectivity index (χ3v) is 5.14. The highest BCUT2D eigenvalue weighted by Gasteiger charge is 2.44. The molecule has 0 spiro atoms. The zero-order chi connectivity index (χ0) is 16.4. The molecule has 1 aromatic rings. The van der Waals surface area contributed by atoms with E-state index in [2.05, 4.69) is 4.98 Å². The van der Waals surface area contributed by atoms with Crippen molar-refractivity contribution in [2.45, 2.75) is 44.6 Å². The number of rotatable bonds is 4. The normalized spacial score (nSPS) is 28.3. The molecule has 0 radical (unpaired) electrons. The van der Waals surface area contributed by atoms with Crippen LogP contribution in [0.3, 0.4) is 0 Å². The lowest BCUT2D eigenvalue weighted by molar-refractivity contribution is -0.151. The second kappa shape index (κ2) is 6.48. The molecular weight excluding hydrogens is 292 g/mol. The van der Waals surface area contributed by atoms with E-state index >= 15 is 0 Å². The molecule has 23 heavy (non-hydrogen) atoms. The quantitative estimate of drug-likeness (QED) is 0.923. The van der Waals surface area contributed by atoms with Gasteiger partial charge in [0.2, 0.25) is 11.8 Å². The smallest absolute Gasteiger partial charge is 0.225 e. The maximum Gasteiger partial charge on any atom is 0.225 e. The van der Waals surface area contributed by atoms with Crippen LogP contribution >= 0.6 is 0 Å². The number of carbonyl (C=O) groups excluding carboxylic acids is 1. The molecule has 2 fully saturated rings. The van der Waals surface area contributed by atoms with E-state index in [4.69, 9.17) is 4.74 Å². The molecule has 3 rings (SSSR count). The fourth-order valence-electron chi connectivity index (χ4n) is 3.77. The van der Waals surface area contributed by atoms with Crippen molar-refractivity contribution < 1.29 is 14.6 Å². The molecule has 0 unspecified atom stereocenters. The first-order valence-corrected chi connectivity index (χ1v) is 8.48. The number of amides is 1. The van der Waals surface area contributed by atoms with Gasteiger partial charge in [0.15, 0.2) is 0 Å². The molecule has 1 saturated carbocycles. The van der Waals surface area contributed by atoms with Gasteiger partial charge >= 0.3 is 0 Å². The van der Waals surface area contributed by atoms with Gasteiger partial charge in [-0.2, -0.15) is 0 Å². The summed E-state index contributed by atoms with van der Waals surface area (Å²) in [5.74, 6) is 1.49. The van der Waals surface area contributed by atoms with Crippen LogP contribution in [0.1, 0.15) is 38.3 Å². The monoisotopic (exact) mass is 318 g/mol. The summed E-state index contributed by atoms with van der Waals surface area (Å²) < 4.78 is 5.17. The van der Waals surface area contributed by atoms with E-state index in [9.17, 15) is 9.90 Å². The predicted octanol–water partition coefficient (Wildman–Crippen LogP) is 2.03. The fraction of sp³-hybridized carbons (Fsp3) is 0.667. The number of carbonyl (C=O) groups is 1. The summed E-state index contributed by atoms with van der Waals surface area (Å²) in [5.41, 5.74) is 0.431. The first-order chi connectivity index (χ1) is 11.0. The van der Waals surface area contributed by atoms with Gasteiger partial charge in [0, 0.05) is 30.8 Å². The molecule has 126 valence electrons. The number of ether oxygens (including phenoxy) is 1. The van der Waals surface area contributed by atoms with E-state index < -0.39 is 5.60 Å². The van der Waals surface area contributed by atoms with E-state index in [0.717, 1.165) is 38.0 Å². The number of aromatic nitrogens is 1. The van der Waals surface area contributed by atoms with Gasteiger partial charge in [-0.15, -0.1) is 0 Å². The van der Waals surface area contributed by atoms with Crippen LogP contribution in [0.2, 0.25) is 0 Å². The summed E-state index contributed by atoms with van der Waals surface area (Å²) in [6, 6.07) is 5.87. The molecule has 5 heteroatoms. The standard InChI is InChI=1S/C18H26N2O3/c1-18(22)11-14(12-18)17(21)20-8-6-13(7-9-20)10-15-4-3-5-16(19-15)23-2/h3-5,13-14,22H,6-12H2,1-2H3. The van der Waals surface area contributed by atoms with Crippen LogP contribution in [0, 0.1) is 11.8 Å². The molecule has 0 atom stereocenters. The van der Waals surface area contributed by atoms with E-state index in [0.29, 0.717) is 24.6 Å². The lowest BCUT2D eigenvalue weighted by Gasteiger charge is -2.43. The highest BCUT2D eigenvalue weighted by Crippen LogP contribution is 2.39. The van der Waals surface area contributed by atoms with E-state index in [-0.39, 0.29) is 11.8 Å². The van der Waals surface area contributed by atoms with Crippen LogP contribution in [0.25, 0.3) is 0 Å². The summed E-state index contributed by atoms with van der Waals surface area (Å²) in [6.45, 7) is 3.46. The second-order valence-corrected chi connectivity index (χ2v) is 7.25. The predicted molar refractivity (Wildman–Crippen MR) is 87.1 cm³/mol. The summed E-state index contributed by atoms with van der Waals surface area (Å²) in [5, 5.41) is 9.79. The zero-order valence-electron chi connectivity index (χ0n) is 14.0. The van der Waals surface area contributed by atoms with Crippen LogP contribution in [-0.4, -0.2) is 46.7 Å². The van der Waals surface area contributed by atoms with Crippen LogP contribution in [0.15, 0.2) is 18.2 Å². The lowest BCUT2D eigenvalue weighted by atomic mass is 9.71. The van der Waals surface area contributed by atoms with Gasteiger partial charge in [0.1, 0.15) is 0 Å². The Morgan fingerprint density at radius 1 is 1.39 bits per heavy atom. The average Bonchev–Trinajstić information content (AvgIpc) is 2.53. The van der Waals surface area contributed by atoms with Crippen LogP contribution in [-0.2, 0) is 11.2 Å². The number of nitrogens with zero attached hydrogens (tertiary/aromatic N) is 2. The van der Waals surface area contributed by atoms with Crippen molar-refractivity contribution in [1.82, 2.24) is 9.88 Å². The molecule has 1 N–H and O–H groups in total. The van der Waals surface area contributed by atoms with Gasteiger partial charge in [-0.3, -0.25) is 4.79 Å².